The fourth-order valence-electron chi connectivity index (χ4n) is 0.700. The first-order valence-electron chi connectivity index (χ1n) is 3.25. The summed E-state index contributed by atoms with van der Waals surface area (Å²) >= 11 is 1.50. The minimum absolute atomic E-state index is 0. The number of aryl methyl sites for hydroxylation is 1. The fourth-order valence-corrected chi connectivity index (χ4v) is 1.49. The quantitative estimate of drug-likeness (QED) is 0.734. The Morgan fingerprint density at radius 1 is 1.75 bits per heavy atom. The lowest BCUT2D eigenvalue weighted by Crippen LogP contribution is -1.96. The molecule has 1 aromatic rings. The van der Waals surface area contributed by atoms with Gasteiger partial charge in [-0.25, -0.2) is 4.98 Å². The maximum absolute atomic E-state index is 9.95. The van der Waals surface area contributed by atoms with E-state index >= 15 is 0 Å². The van der Waals surface area contributed by atoms with Crippen LogP contribution in [0.15, 0.2) is 5.38 Å². The van der Waals surface area contributed by atoms with Gasteiger partial charge < -0.3 is 10.9 Å². The van der Waals surface area contributed by atoms with Crippen LogP contribution in [-0.4, -0.2) is 11.5 Å². The van der Waals surface area contributed by atoms with Crippen LogP contribution in [0.25, 0.3) is 0 Å². The summed E-state index contributed by atoms with van der Waals surface area (Å²) in [6.07, 6.45) is -0.216. The summed E-state index contributed by atoms with van der Waals surface area (Å²) in [5.41, 5.74) is 0.964. The second kappa shape index (κ2) is 4.84. The Labute approximate surface area is 75.2 Å². The highest BCUT2D eigenvalue weighted by Crippen LogP contribution is 2.19. The molecular formula is C7H12N2O2S. The van der Waals surface area contributed by atoms with Gasteiger partial charge in [0.2, 0.25) is 0 Å². The Morgan fingerprint density at radius 2 is 2.42 bits per heavy atom. The van der Waals surface area contributed by atoms with E-state index in [9.17, 15) is 4.79 Å². The molecule has 0 bridgehead atoms. The van der Waals surface area contributed by atoms with Crippen LogP contribution in [-0.2, 0) is 9.53 Å². The molecule has 0 saturated heterocycles. The normalized spacial score (nSPS) is 11.5. The monoisotopic (exact) mass is 188 g/mol. The molecule has 0 aliphatic carbocycles. The summed E-state index contributed by atoms with van der Waals surface area (Å²) in [6.45, 7) is 4.15. The minimum atomic E-state index is -0.216. The van der Waals surface area contributed by atoms with Crippen LogP contribution < -0.4 is 6.15 Å². The van der Waals surface area contributed by atoms with Crippen molar-refractivity contribution in [2.45, 2.75) is 20.0 Å². The smallest absolute Gasteiger partial charge is 0.293 e. The van der Waals surface area contributed by atoms with Crippen molar-refractivity contribution >= 4 is 17.8 Å². The van der Waals surface area contributed by atoms with E-state index in [1.807, 2.05) is 12.3 Å². The Kier molecular flexibility index (Phi) is 4.46. The number of ether oxygens (including phenoxy) is 1. The molecule has 3 N–H and O–H groups in total. The molecule has 0 fully saturated rings. The second-order valence-electron chi connectivity index (χ2n) is 2.20. The van der Waals surface area contributed by atoms with Crippen LogP contribution in [0.5, 0.6) is 0 Å². The van der Waals surface area contributed by atoms with Crippen molar-refractivity contribution in [1.29, 1.82) is 0 Å². The van der Waals surface area contributed by atoms with Crippen molar-refractivity contribution in [1.82, 2.24) is 11.1 Å². The zero-order valence-corrected chi connectivity index (χ0v) is 7.93. The Morgan fingerprint density at radius 3 is 2.83 bits per heavy atom. The van der Waals surface area contributed by atoms with E-state index in [0.29, 0.717) is 6.47 Å². The summed E-state index contributed by atoms with van der Waals surface area (Å²) in [5, 5.41) is 2.77. The third kappa shape index (κ3) is 2.60. The molecule has 1 rings (SSSR count). The Hall–Kier alpha value is -0.940. The Bertz CT molecular complexity index is 249. The SMILES string of the molecule is Cc1csc(C(C)OC=O)n1.N. The third-order valence-electron chi connectivity index (χ3n) is 1.24. The van der Waals surface area contributed by atoms with Crippen molar-refractivity contribution < 1.29 is 9.53 Å². The van der Waals surface area contributed by atoms with E-state index in [1.54, 1.807) is 6.92 Å². The van der Waals surface area contributed by atoms with Crippen molar-refractivity contribution in [3.05, 3.63) is 16.1 Å². The second-order valence-corrected chi connectivity index (χ2v) is 3.09. The number of nitrogens with zero attached hydrogens (tertiary/aromatic N) is 1. The molecule has 1 heterocycles. The van der Waals surface area contributed by atoms with Crippen LogP contribution in [0.3, 0.4) is 0 Å². The first-order chi connectivity index (χ1) is 5.24. The van der Waals surface area contributed by atoms with E-state index in [2.05, 4.69) is 4.98 Å². The maximum atomic E-state index is 9.95. The highest BCUT2D eigenvalue weighted by molar-refractivity contribution is 7.09. The van der Waals surface area contributed by atoms with Crippen molar-refractivity contribution in [2.75, 3.05) is 0 Å². The molecule has 0 radical (unpaired) electrons. The topological polar surface area (TPSA) is 74.2 Å². The lowest BCUT2D eigenvalue weighted by atomic mass is 10.4. The predicted molar refractivity (Wildman–Crippen MR) is 47.4 cm³/mol. The standard InChI is InChI=1S/C7H9NO2S.H3N/c1-5-3-11-7(8-5)6(2)10-4-9;/h3-4,6H,1-2H3;1H3. The number of rotatable bonds is 3. The average Bonchev–Trinajstić information content (AvgIpc) is 2.36. The molecular weight excluding hydrogens is 176 g/mol. The third-order valence-corrected chi connectivity index (χ3v) is 2.37. The highest BCUT2D eigenvalue weighted by atomic mass is 32.1. The molecule has 5 heteroatoms. The van der Waals surface area contributed by atoms with Crippen molar-refractivity contribution in [3.63, 3.8) is 0 Å². The van der Waals surface area contributed by atoms with Gasteiger partial charge in [-0.15, -0.1) is 11.3 Å². The van der Waals surface area contributed by atoms with Gasteiger partial charge in [-0.05, 0) is 13.8 Å². The van der Waals surface area contributed by atoms with E-state index in [0.717, 1.165) is 10.7 Å². The first-order valence-corrected chi connectivity index (χ1v) is 4.13. The zero-order chi connectivity index (χ0) is 8.27. The number of hydrogen-bond donors (Lipinski definition) is 1. The lowest BCUT2D eigenvalue weighted by molar-refractivity contribution is -0.133. The lowest BCUT2D eigenvalue weighted by Gasteiger charge is -2.03. The summed E-state index contributed by atoms with van der Waals surface area (Å²) in [7, 11) is 0. The molecule has 1 aromatic heterocycles. The molecule has 0 aromatic carbocycles. The van der Waals surface area contributed by atoms with Crippen molar-refractivity contribution in [2.24, 2.45) is 0 Å². The number of hydrogen-bond acceptors (Lipinski definition) is 5. The highest BCUT2D eigenvalue weighted by Gasteiger charge is 2.08. The van der Waals surface area contributed by atoms with Crippen LogP contribution >= 0.6 is 11.3 Å². The molecule has 4 nitrogen and oxygen atoms in total. The predicted octanol–water partition coefficient (Wildman–Crippen LogP) is 1.85. The maximum Gasteiger partial charge on any atom is 0.293 e. The van der Waals surface area contributed by atoms with Gasteiger partial charge in [0.15, 0.2) is 0 Å². The molecule has 12 heavy (non-hydrogen) atoms. The summed E-state index contributed by atoms with van der Waals surface area (Å²) in [5.74, 6) is 0. The molecule has 0 amide bonds. The van der Waals surface area contributed by atoms with E-state index < -0.39 is 0 Å². The molecule has 68 valence electrons. The van der Waals surface area contributed by atoms with Gasteiger partial charge in [0.05, 0.1) is 0 Å². The molecule has 0 spiro atoms. The van der Waals surface area contributed by atoms with Gasteiger partial charge in [0.25, 0.3) is 6.47 Å². The first kappa shape index (κ1) is 11.1. The molecule has 0 aliphatic rings. The summed E-state index contributed by atoms with van der Waals surface area (Å²) in [4.78, 5) is 14.1. The molecule has 0 saturated carbocycles. The Balaban J connectivity index is 0.00000121. The van der Waals surface area contributed by atoms with E-state index in [-0.39, 0.29) is 12.3 Å². The van der Waals surface area contributed by atoms with Gasteiger partial charge >= 0.3 is 0 Å². The largest absolute Gasteiger partial charge is 0.457 e. The van der Waals surface area contributed by atoms with Crippen molar-refractivity contribution in [3.8, 4) is 0 Å². The van der Waals surface area contributed by atoms with Gasteiger partial charge in [0.1, 0.15) is 11.1 Å². The summed E-state index contributed by atoms with van der Waals surface area (Å²) in [6, 6.07) is 0. The van der Waals surface area contributed by atoms with E-state index in [1.165, 1.54) is 11.3 Å². The average molecular weight is 188 g/mol. The number of carbonyl (C=O) groups excluding carboxylic acids is 1. The van der Waals surface area contributed by atoms with Gasteiger partial charge in [0, 0.05) is 11.1 Å². The molecule has 0 aliphatic heterocycles. The van der Waals surface area contributed by atoms with Gasteiger partial charge in [-0.1, -0.05) is 0 Å². The van der Waals surface area contributed by atoms with Crippen LogP contribution in [0, 0.1) is 6.92 Å². The number of carbonyl (C=O) groups is 1. The van der Waals surface area contributed by atoms with E-state index in [4.69, 9.17) is 4.74 Å². The van der Waals surface area contributed by atoms with Gasteiger partial charge in [-0.3, -0.25) is 4.79 Å². The van der Waals surface area contributed by atoms with Gasteiger partial charge in [-0.2, -0.15) is 0 Å². The van der Waals surface area contributed by atoms with Crippen LogP contribution in [0.1, 0.15) is 23.7 Å². The number of aromatic nitrogens is 1. The molecule has 1 atom stereocenters. The zero-order valence-electron chi connectivity index (χ0n) is 7.11. The summed E-state index contributed by atoms with van der Waals surface area (Å²) < 4.78 is 4.71. The minimum Gasteiger partial charge on any atom is -0.457 e. The van der Waals surface area contributed by atoms with Crippen LogP contribution in [0.4, 0.5) is 0 Å². The van der Waals surface area contributed by atoms with Crippen LogP contribution in [0.2, 0.25) is 0 Å². The number of thiazole rings is 1. The molecule has 1 unspecified atom stereocenters. The fraction of sp³-hybridized carbons (Fsp3) is 0.429.